The zero-order valence-corrected chi connectivity index (χ0v) is 20.1. The molecule has 1 unspecified atom stereocenters. The van der Waals surface area contributed by atoms with E-state index in [0.717, 1.165) is 21.8 Å². The van der Waals surface area contributed by atoms with Gasteiger partial charge in [-0.3, -0.25) is 9.59 Å². The van der Waals surface area contributed by atoms with Gasteiger partial charge in [0.1, 0.15) is 11.7 Å². The van der Waals surface area contributed by atoms with E-state index in [9.17, 15) is 14.4 Å². The van der Waals surface area contributed by atoms with Crippen molar-refractivity contribution in [2.24, 2.45) is 0 Å². The summed E-state index contributed by atoms with van der Waals surface area (Å²) in [6.07, 6.45) is -0.0766. The molecule has 1 fully saturated rings. The summed E-state index contributed by atoms with van der Waals surface area (Å²) in [4.78, 5) is 45.0. The molecular formula is C24H22ClN5O4S. The molecule has 0 saturated carbocycles. The number of nitrogens with two attached hydrogens (primary N) is 1. The van der Waals surface area contributed by atoms with E-state index in [-0.39, 0.29) is 17.2 Å². The number of benzene rings is 2. The summed E-state index contributed by atoms with van der Waals surface area (Å²) < 4.78 is 5.85. The monoisotopic (exact) mass is 511 g/mol. The first-order valence-electron chi connectivity index (χ1n) is 11.0. The van der Waals surface area contributed by atoms with Crippen molar-refractivity contribution in [3.8, 4) is 0 Å². The van der Waals surface area contributed by atoms with Crippen LogP contribution in [0.4, 0.5) is 15.6 Å². The van der Waals surface area contributed by atoms with E-state index in [1.807, 2.05) is 30.3 Å². The molecule has 1 aromatic heterocycles. The molecule has 2 atom stereocenters. The van der Waals surface area contributed by atoms with Crippen LogP contribution in [0.15, 0.2) is 53.9 Å². The first-order valence-corrected chi connectivity index (χ1v) is 12.3. The first-order chi connectivity index (χ1) is 16.9. The molecule has 11 heteroatoms. The molecule has 0 aliphatic carbocycles. The fourth-order valence-corrected chi connectivity index (χ4v) is 5.17. The van der Waals surface area contributed by atoms with Crippen LogP contribution in [-0.4, -0.2) is 42.0 Å². The largest absolute Gasteiger partial charge is 0.436 e. The Morgan fingerprint density at radius 2 is 2.09 bits per heavy atom. The number of nitrogen functional groups attached to an aromatic ring is 1. The molecule has 3 amide bonds. The van der Waals surface area contributed by atoms with Gasteiger partial charge in [-0.25, -0.2) is 14.7 Å². The summed E-state index contributed by atoms with van der Waals surface area (Å²) >= 11 is 7.39. The highest BCUT2D eigenvalue weighted by Gasteiger charge is 2.49. The molecule has 9 nitrogen and oxygen atoms in total. The number of hydrogen-bond acceptors (Lipinski definition) is 8. The van der Waals surface area contributed by atoms with Crippen LogP contribution in [0.3, 0.4) is 0 Å². The first kappa shape index (κ1) is 23.3. The minimum Gasteiger partial charge on any atom is -0.436 e. The normalized spacial score (nSPS) is 19.8. The summed E-state index contributed by atoms with van der Waals surface area (Å²) in [5, 5.41) is 8.16. The number of nitrogens with zero attached hydrogens (tertiary/aromatic N) is 2. The van der Waals surface area contributed by atoms with Crippen LogP contribution in [0.5, 0.6) is 0 Å². The molecule has 4 N–H and O–H groups in total. The molecule has 3 heterocycles. The molecule has 35 heavy (non-hydrogen) atoms. The summed E-state index contributed by atoms with van der Waals surface area (Å²) in [7, 11) is 0. The Morgan fingerprint density at radius 1 is 1.29 bits per heavy atom. The second kappa shape index (κ2) is 9.29. The van der Waals surface area contributed by atoms with Crippen molar-refractivity contribution in [3.63, 3.8) is 0 Å². The Labute approximate surface area is 210 Å². The zero-order chi connectivity index (χ0) is 24.6. The number of rotatable bonds is 5. The maximum Gasteiger partial charge on any atom is 0.422 e. The number of hydrogen-bond donors (Lipinski definition) is 3. The van der Waals surface area contributed by atoms with E-state index >= 15 is 0 Å². The average molecular weight is 512 g/mol. The second-order valence-electron chi connectivity index (χ2n) is 8.41. The standard InChI is InChI=1S/C24H22ClN5O4S/c25-15-6-7-19-16(11-15)24(8-9-27-13-24)34-23(33)30(19)21(32)17(10-14-4-2-1-3-5-14)28-20(31)18-12-35-22(26)29-18/h1-7,11-12,17,27H,8-10,13H2,(H2,26,29)(H,28,31)/t17-,24?/m0/s1. The van der Waals surface area contributed by atoms with Gasteiger partial charge in [-0.15, -0.1) is 11.3 Å². The predicted octanol–water partition coefficient (Wildman–Crippen LogP) is 3.09. The Bertz CT molecular complexity index is 1290. The lowest BCUT2D eigenvalue weighted by atomic mass is 9.89. The van der Waals surface area contributed by atoms with Gasteiger partial charge in [-0.2, -0.15) is 0 Å². The van der Waals surface area contributed by atoms with E-state index < -0.39 is 29.6 Å². The van der Waals surface area contributed by atoms with Gasteiger partial charge in [0, 0.05) is 35.4 Å². The highest BCUT2D eigenvalue weighted by Crippen LogP contribution is 2.44. The van der Waals surface area contributed by atoms with Crippen LogP contribution in [0.25, 0.3) is 0 Å². The van der Waals surface area contributed by atoms with Crippen LogP contribution in [0.1, 0.15) is 28.0 Å². The zero-order valence-electron chi connectivity index (χ0n) is 18.5. The quantitative estimate of drug-likeness (QED) is 0.480. The van der Waals surface area contributed by atoms with Crippen LogP contribution in [0.2, 0.25) is 5.02 Å². The maximum absolute atomic E-state index is 13.9. The molecule has 0 radical (unpaired) electrons. The molecule has 0 bridgehead atoms. The van der Waals surface area contributed by atoms with E-state index in [0.29, 0.717) is 35.8 Å². The van der Waals surface area contributed by atoms with Gasteiger partial charge in [-0.1, -0.05) is 41.9 Å². The minimum absolute atomic E-state index is 0.0998. The number of ether oxygens (including phenoxy) is 1. The van der Waals surface area contributed by atoms with Gasteiger partial charge >= 0.3 is 6.09 Å². The van der Waals surface area contributed by atoms with Gasteiger partial charge in [0.2, 0.25) is 0 Å². The number of amides is 3. The molecule has 2 aliphatic heterocycles. The van der Waals surface area contributed by atoms with Crippen molar-refractivity contribution in [2.45, 2.75) is 24.5 Å². The third-order valence-corrected chi connectivity index (χ3v) is 7.04. The smallest absolute Gasteiger partial charge is 0.422 e. The Morgan fingerprint density at radius 3 is 2.77 bits per heavy atom. The number of thiazole rings is 1. The van der Waals surface area contributed by atoms with Gasteiger partial charge in [0.15, 0.2) is 10.7 Å². The van der Waals surface area contributed by atoms with Gasteiger partial charge in [0.25, 0.3) is 11.8 Å². The van der Waals surface area contributed by atoms with Crippen LogP contribution in [-0.2, 0) is 21.6 Å². The fraction of sp³-hybridized carbons (Fsp3) is 0.250. The molecule has 1 saturated heterocycles. The number of fused-ring (bicyclic) bond motifs is 2. The third kappa shape index (κ3) is 4.47. The van der Waals surface area contributed by atoms with Crippen molar-refractivity contribution < 1.29 is 19.1 Å². The Kier molecular flexibility index (Phi) is 6.18. The molecule has 2 aliphatic rings. The van der Waals surface area contributed by atoms with Crippen molar-refractivity contribution in [3.05, 3.63) is 75.8 Å². The number of aromatic nitrogens is 1. The lowest BCUT2D eigenvalue weighted by Crippen LogP contribution is -2.56. The fourth-order valence-electron chi connectivity index (χ4n) is 4.46. The number of carbonyl (C=O) groups excluding carboxylic acids is 3. The van der Waals surface area contributed by atoms with Crippen molar-refractivity contribution >= 4 is 51.7 Å². The van der Waals surface area contributed by atoms with Gasteiger partial charge in [0.05, 0.1) is 5.69 Å². The van der Waals surface area contributed by atoms with E-state index in [2.05, 4.69) is 15.6 Å². The Balaban J connectivity index is 1.51. The number of anilines is 2. The lowest BCUT2D eigenvalue weighted by molar-refractivity contribution is -0.120. The van der Waals surface area contributed by atoms with E-state index in [1.54, 1.807) is 18.2 Å². The Hall–Kier alpha value is -3.47. The van der Waals surface area contributed by atoms with Gasteiger partial charge in [-0.05, 0) is 30.3 Å². The molecule has 2 aromatic carbocycles. The topological polar surface area (TPSA) is 127 Å². The minimum atomic E-state index is -1.07. The number of halogens is 1. The molecule has 1 spiro atoms. The summed E-state index contributed by atoms with van der Waals surface area (Å²) in [5.41, 5.74) is 6.72. The van der Waals surface area contributed by atoms with E-state index in [4.69, 9.17) is 22.1 Å². The number of carbonyl (C=O) groups is 3. The van der Waals surface area contributed by atoms with Gasteiger partial charge < -0.3 is 21.1 Å². The van der Waals surface area contributed by atoms with Crippen LogP contribution >= 0.6 is 22.9 Å². The average Bonchev–Trinajstić information content (AvgIpc) is 3.49. The molecular weight excluding hydrogens is 490 g/mol. The lowest BCUT2D eigenvalue weighted by Gasteiger charge is -2.40. The second-order valence-corrected chi connectivity index (χ2v) is 9.74. The number of nitrogens with one attached hydrogen (secondary N) is 2. The van der Waals surface area contributed by atoms with Crippen LogP contribution in [0, 0.1) is 0 Å². The third-order valence-electron chi connectivity index (χ3n) is 6.13. The molecule has 5 rings (SSSR count). The highest BCUT2D eigenvalue weighted by atomic mass is 35.5. The summed E-state index contributed by atoms with van der Waals surface area (Å²) in [6.45, 7) is 1.08. The molecule has 3 aromatic rings. The van der Waals surface area contributed by atoms with E-state index in [1.165, 1.54) is 5.38 Å². The van der Waals surface area contributed by atoms with Crippen LogP contribution < -0.4 is 21.3 Å². The molecule has 180 valence electrons. The maximum atomic E-state index is 13.9. The SMILES string of the molecule is Nc1nc(C(=O)N[C@@H](Cc2ccccc2)C(=O)N2C(=O)OC3(CCNC3)c3cc(Cl)ccc32)cs1. The highest BCUT2D eigenvalue weighted by molar-refractivity contribution is 7.13. The van der Waals surface area contributed by atoms with Crippen molar-refractivity contribution in [1.82, 2.24) is 15.6 Å². The predicted molar refractivity (Wildman–Crippen MR) is 133 cm³/mol. The van der Waals surface area contributed by atoms with Crippen molar-refractivity contribution in [2.75, 3.05) is 23.7 Å². The number of imide groups is 1. The van der Waals surface area contributed by atoms with Crippen molar-refractivity contribution in [1.29, 1.82) is 0 Å². The summed E-state index contributed by atoms with van der Waals surface area (Å²) in [5.74, 6) is -1.19. The summed E-state index contributed by atoms with van der Waals surface area (Å²) in [6, 6.07) is 13.1.